The highest BCUT2D eigenvalue weighted by molar-refractivity contribution is 5.37. The van der Waals surface area contributed by atoms with Crippen LogP contribution in [0.3, 0.4) is 0 Å². The monoisotopic (exact) mass is 377 g/mol. The summed E-state index contributed by atoms with van der Waals surface area (Å²) in [6, 6.07) is 14.6. The highest BCUT2D eigenvalue weighted by Gasteiger charge is 2.14. The third-order valence-electron chi connectivity index (χ3n) is 4.60. The van der Waals surface area contributed by atoms with Crippen LogP contribution in [-0.2, 0) is 6.54 Å². The Morgan fingerprint density at radius 3 is 2.71 bits per heavy atom. The minimum atomic E-state index is -0.273. The molecule has 144 valence electrons. The molecule has 1 aromatic heterocycles. The fourth-order valence-electron chi connectivity index (χ4n) is 3.02. The molecule has 0 unspecified atom stereocenters. The second-order valence-electron chi connectivity index (χ2n) is 6.65. The largest absolute Gasteiger partial charge is 0.395 e. The molecule has 0 aliphatic carbocycles. The van der Waals surface area contributed by atoms with Gasteiger partial charge in [-0.05, 0) is 49.7 Å². The Hall–Kier alpha value is -2.94. The van der Waals surface area contributed by atoms with Gasteiger partial charge in [-0.3, -0.25) is 0 Å². The summed E-state index contributed by atoms with van der Waals surface area (Å²) in [4.78, 5) is 0. The van der Waals surface area contributed by atoms with E-state index >= 15 is 0 Å². The number of aliphatic hydroxyl groups is 1. The molecule has 0 saturated heterocycles. The van der Waals surface area contributed by atoms with E-state index in [9.17, 15) is 4.39 Å². The summed E-state index contributed by atoms with van der Waals surface area (Å²) in [7, 11) is 0. The molecule has 0 aliphatic heterocycles. The molecule has 2 N–H and O–H groups in total. The van der Waals surface area contributed by atoms with Gasteiger partial charge in [0.1, 0.15) is 5.82 Å². The molecule has 1 atom stereocenters. The van der Waals surface area contributed by atoms with Gasteiger partial charge in [-0.2, -0.15) is 5.10 Å². The van der Waals surface area contributed by atoms with Crippen LogP contribution in [0.5, 0.6) is 0 Å². The van der Waals surface area contributed by atoms with Gasteiger partial charge in [-0.15, -0.1) is 0 Å². The molecule has 4 nitrogen and oxygen atoms in total. The normalized spacial score (nSPS) is 11.7. The zero-order valence-corrected chi connectivity index (χ0v) is 16.1. The maximum atomic E-state index is 13.5. The van der Waals surface area contributed by atoms with Crippen molar-refractivity contribution in [2.24, 2.45) is 0 Å². The fourth-order valence-corrected chi connectivity index (χ4v) is 3.02. The minimum absolute atomic E-state index is 0.0854. The number of hydrogen-bond donors (Lipinski definition) is 2. The van der Waals surface area contributed by atoms with Crippen LogP contribution in [0.2, 0.25) is 0 Å². The first-order chi connectivity index (χ1) is 13.6. The van der Waals surface area contributed by atoms with Crippen LogP contribution in [0.15, 0.2) is 54.7 Å². The zero-order valence-electron chi connectivity index (χ0n) is 16.1. The molecule has 0 aliphatic rings. The lowest BCUT2D eigenvalue weighted by Gasteiger charge is -2.14. The molecule has 3 aromatic rings. The number of aromatic nitrogens is 2. The van der Waals surface area contributed by atoms with Crippen LogP contribution in [-0.4, -0.2) is 21.5 Å². The Morgan fingerprint density at radius 2 is 2.00 bits per heavy atom. The molecule has 0 spiro atoms. The maximum absolute atomic E-state index is 13.5. The Kier molecular flexibility index (Phi) is 6.59. The lowest BCUT2D eigenvalue weighted by molar-refractivity contribution is 0.305. The molecule has 5 heteroatoms. The van der Waals surface area contributed by atoms with Crippen molar-refractivity contribution in [2.45, 2.75) is 32.9 Å². The molecule has 0 radical (unpaired) electrons. The summed E-state index contributed by atoms with van der Waals surface area (Å²) in [5.74, 6) is 5.67. The summed E-state index contributed by atoms with van der Waals surface area (Å²) in [5, 5.41) is 16.7. The van der Waals surface area contributed by atoms with Gasteiger partial charge in [0.25, 0.3) is 0 Å². The van der Waals surface area contributed by atoms with E-state index in [4.69, 9.17) is 5.11 Å². The van der Waals surface area contributed by atoms with Crippen molar-refractivity contribution in [2.75, 3.05) is 6.61 Å². The predicted molar refractivity (Wildman–Crippen MR) is 109 cm³/mol. The van der Waals surface area contributed by atoms with E-state index in [2.05, 4.69) is 29.2 Å². The molecule has 0 saturated carbocycles. The number of benzene rings is 2. The smallest absolute Gasteiger partial charge is 0.125 e. The second-order valence-corrected chi connectivity index (χ2v) is 6.65. The first-order valence-electron chi connectivity index (χ1n) is 9.31. The number of rotatable bonds is 6. The van der Waals surface area contributed by atoms with Gasteiger partial charge in [0.2, 0.25) is 0 Å². The van der Waals surface area contributed by atoms with Crippen LogP contribution < -0.4 is 5.32 Å². The molecule has 28 heavy (non-hydrogen) atoms. The van der Waals surface area contributed by atoms with Gasteiger partial charge >= 0.3 is 0 Å². The summed E-state index contributed by atoms with van der Waals surface area (Å²) in [5.41, 5.74) is 4.89. The van der Waals surface area contributed by atoms with E-state index < -0.39 is 0 Å². The maximum Gasteiger partial charge on any atom is 0.125 e. The average Bonchev–Trinajstić information content (AvgIpc) is 3.09. The van der Waals surface area contributed by atoms with Crippen LogP contribution in [0, 0.1) is 24.6 Å². The Labute approximate surface area is 165 Å². The van der Waals surface area contributed by atoms with Crippen molar-refractivity contribution in [3.8, 4) is 17.5 Å². The number of nitrogens with one attached hydrogen (secondary N) is 1. The van der Waals surface area contributed by atoms with Crippen LogP contribution >= 0.6 is 0 Å². The molecule has 1 heterocycles. The van der Waals surface area contributed by atoms with Crippen LogP contribution in [0.25, 0.3) is 5.69 Å². The van der Waals surface area contributed by atoms with Gasteiger partial charge in [-0.1, -0.05) is 30.0 Å². The van der Waals surface area contributed by atoms with Gasteiger partial charge in [0.15, 0.2) is 0 Å². The van der Waals surface area contributed by atoms with E-state index in [0.717, 1.165) is 28.9 Å². The van der Waals surface area contributed by atoms with E-state index in [0.29, 0.717) is 12.1 Å². The molecular formula is C23H24FN3O. The first kappa shape index (κ1) is 19.8. The van der Waals surface area contributed by atoms with Gasteiger partial charge in [0, 0.05) is 35.8 Å². The van der Waals surface area contributed by atoms with Crippen molar-refractivity contribution in [1.29, 1.82) is 0 Å². The van der Waals surface area contributed by atoms with Crippen LogP contribution in [0.4, 0.5) is 4.39 Å². The summed E-state index contributed by atoms with van der Waals surface area (Å²) in [6.07, 6.45) is 2.32. The van der Waals surface area contributed by atoms with Crippen molar-refractivity contribution in [3.63, 3.8) is 0 Å². The second kappa shape index (κ2) is 9.32. The Morgan fingerprint density at radius 1 is 1.21 bits per heavy atom. The number of nitrogens with zero attached hydrogens (tertiary/aromatic N) is 2. The van der Waals surface area contributed by atoms with Gasteiger partial charge in [-0.25, -0.2) is 9.07 Å². The predicted octanol–water partition coefficient (Wildman–Crippen LogP) is 3.90. The number of aliphatic hydroxyl groups excluding tert-OH is 1. The molecule has 2 aromatic carbocycles. The highest BCUT2D eigenvalue weighted by Crippen LogP contribution is 2.21. The third-order valence-corrected chi connectivity index (χ3v) is 4.60. The summed E-state index contributed by atoms with van der Waals surface area (Å²) in [6.45, 7) is 4.89. The molecule has 0 bridgehead atoms. The highest BCUT2D eigenvalue weighted by atomic mass is 19.1. The molecule has 3 rings (SSSR count). The van der Waals surface area contributed by atoms with Crippen LogP contribution in [0.1, 0.15) is 41.8 Å². The molecular weight excluding hydrogens is 353 g/mol. The van der Waals surface area contributed by atoms with Crippen molar-refractivity contribution >= 4 is 0 Å². The first-order valence-corrected chi connectivity index (χ1v) is 9.31. The van der Waals surface area contributed by atoms with Crippen molar-refractivity contribution < 1.29 is 9.50 Å². The lowest BCUT2D eigenvalue weighted by atomic mass is 10.1. The van der Waals surface area contributed by atoms with Gasteiger partial charge < -0.3 is 10.4 Å². The molecule has 0 amide bonds. The van der Waals surface area contributed by atoms with Crippen molar-refractivity contribution in [1.82, 2.24) is 15.1 Å². The zero-order chi connectivity index (χ0) is 19.9. The molecule has 0 fully saturated rings. The van der Waals surface area contributed by atoms with E-state index in [-0.39, 0.29) is 18.5 Å². The van der Waals surface area contributed by atoms with Crippen molar-refractivity contribution in [3.05, 3.63) is 82.9 Å². The SMILES string of the molecule is Cc1c([C@H](C)NCc2ccc(C#CCCO)cc2)cnn1-c1cccc(F)c1. The fraction of sp³-hybridized carbons (Fsp3) is 0.261. The topological polar surface area (TPSA) is 50.1 Å². The Bertz CT molecular complexity index is 983. The summed E-state index contributed by atoms with van der Waals surface area (Å²) >= 11 is 0. The Balaban J connectivity index is 1.64. The van der Waals surface area contributed by atoms with E-state index in [1.807, 2.05) is 43.5 Å². The average molecular weight is 377 g/mol. The number of hydrogen-bond acceptors (Lipinski definition) is 3. The standard InChI is InChI=1S/C23H24FN3O/c1-17(25-15-20-11-9-19(10-12-20)6-3-4-13-28)23-16-26-27(18(23)2)22-8-5-7-21(24)14-22/h5,7-12,14,16-17,25,28H,4,13,15H2,1-2H3/t17-/m0/s1. The lowest BCUT2D eigenvalue weighted by Crippen LogP contribution is -2.18. The van der Waals surface area contributed by atoms with Gasteiger partial charge in [0.05, 0.1) is 18.5 Å². The van der Waals surface area contributed by atoms with E-state index in [1.165, 1.54) is 12.1 Å². The van der Waals surface area contributed by atoms with E-state index in [1.54, 1.807) is 10.7 Å². The number of halogens is 1. The summed E-state index contributed by atoms with van der Waals surface area (Å²) < 4.78 is 15.3. The minimum Gasteiger partial charge on any atom is -0.395 e. The quantitative estimate of drug-likeness (QED) is 0.641. The third kappa shape index (κ3) is 4.86.